The van der Waals surface area contributed by atoms with Crippen molar-refractivity contribution in [2.45, 2.75) is 59.0 Å². The Kier molecular flexibility index (Phi) is 9.36. The molecule has 23 heavy (non-hydrogen) atoms. The first-order chi connectivity index (χ1) is 11.4. The number of nitrogens with zero attached hydrogens (tertiary/aromatic N) is 2. The van der Waals surface area contributed by atoms with Crippen LogP contribution in [0.25, 0.3) is 0 Å². The summed E-state index contributed by atoms with van der Waals surface area (Å²) in [4.78, 5) is 5.06. The fraction of sp³-hybridized carbons (Fsp3) is 0.938. The van der Waals surface area contributed by atoms with Crippen molar-refractivity contribution in [3.8, 4) is 6.07 Å². The monoisotopic (exact) mass is 365 g/mol. The number of hydrogen-bond donors (Lipinski definition) is 0. The molecule has 1 saturated heterocycles. The second-order valence-electron chi connectivity index (χ2n) is 6.34. The molecule has 131 valence electrons. The predicted molar refractivity (Wildman–Crippen MR) is 80.7 cm³/mol. The zero-order chi connectivity index (χ0) is 18.1. The Morgan fingerprint density at radius 1 is 1.39 bits per heavy atom. The van der Waals surface area contributed by atoms with Crippen LogP contribution in [-0.2, 0) is 36.3 Å². The fourth-order valence-corrected chi connectivity index (χ4v) is 3.05. The molecule has 1 heterocycles. The van der Waals surface area contributed by atoms with E-state index in [4.69, 9.17) is 25.7 Å². The molecule has 4 atom stereocenters. The average Bonchev–Trinajstić information content (AvgIpc) is 2.84. The number of nitriles is 1. The summed E-state index contributed by atoms with van der Waals surface area (Å²) in [7, 11) is 0. The molecule has 1 rings (SSSR count). The van der Waals surface area contributed by atoms with E-state index in [1.165, 1.54) is 0 Å². The normalized spacial score (nSPS) is 26.5. The molecule has 0 aromatic heterocycles. The van der Waals surface area contributed by atoms with Gasteiger partial charge in [0.1, 0.15) is 0 Å². The van der Waals surface area contributed by atoms with Crippen molar-refractivity contribution in [3.05, 3.63) is 0 Å². The number of hydrogen-bond acceptors (Lipinski definition) is 6. The van der Waals surface area contributed by atoms with Crippen LogP contribution in [0.4, 0.5) is 0 Å². The minimum absolute atomic E-state index is 0.183. The van der Waals surface area contributed by atoms with E-state index in [9.17, 15) is 0 Å². The molecule has 0 amide bonds. The van der Waals surface area contributed by atoms with Gasteiger partial charge in [0.2, 0.25) is 0 Å². The van der Waals surface area contributed by atoms with Gasteiger partial charge in [-0.15, -0.1) is 0 Å². The second-order valence-corrected chi connectivity index (χ2v) is 6.60. The van der Waals surface area contributed by atoms with Crippen LogP contribution in [0.1, 0.15) is 41.9 Å². The molecule has 0 saturated carbocycles. The summed E-state index contributed by atoms with van der Waals surface area (Å²) in [6.45, 7) is 8.50. The van der Waals surface area contributed by atoms with Crippen LogP contribution < -0.4 is 0 Å². The van der Waals surface area contributed by atoms with Gasteiger partial charge in [-0.1, -0.05) is 0 Å². The molecule has 0 bridgehead atoms. The van der Waals surface area contributed by atoms with E-state index >= 15 is 0 Å². The minimum atomic E-state index is -0.633. The summed E-state index contributed by atoms with van der Waals surface area (Å²) in [5.41, 5.74) is 0. The Bertz CT molecular complexity index is 411. The van der Waals surface area contributed by atoms with Gasteiger partial charge in [0, 0.05) is 0 Å². The molecule has 0 radical (unpaired) electrons. The summed E-state index contributed by atoms with van der Waals surface area (Å²) in [6.07, 6.45) is -0.275. The predicted octanol–water partition coefficient (Wildman–Crippen LogP) is 3.01. The molecule has 6 nitrogen and oxygen atoms in total. The SMILES string of the molecule is [3H]C1CC(OC(OCCC#N)C(C(C)C)C(C)C)C(CO[N]=[V])O1. The van der Waals surface area contributed by atoms with Gasteiger partial charge in [-0.2, -0.15) is 0 Å². The molecule has 1 aliphatic rings. The fourth-order valence-electron chi connectivity index (χ4n) is 2.94. The van der Waals surface area contributed by atoms with Crippen LogP contribution in [0.3, 0.4) is 0 Å². The summed E-state index contributed by atoms with van der Waals surface area (Å²) in [5.74, 6) is 0.912. The van der Waals surface area contributed by atoms with Gasteiger partial charge >= 0.3 is 150 Å². The van der Waals surface area contributed by atoms with E-state index in [0.29, 0.717) is 31.3 Å². The molecule has 7 heteroatoms. The third kappa shape index (κ3) is 7.00. The number of rotatable bonds is 11. The summed E-state index contributed by atoms with van der Waals surface area (Å²) in [6, 6.07) is 2.09. The van der Waals surface area contributed by atoms with Crippen molar-refractivity contribution < 1.29 is 37.7 Å². The third-order valence-corrected chi connectivity index (χ3v) is 4.15. The maximum absolute atomic E-state index is 8.75. The van der Waals surface area contributed by atoms with Crippen LogP contribution in [0, 0.1) is 29.1 Å². The first-order valence-electron chi connectivity index (χ1n) is 8.66. The van der Waals surface area contributed by atoms with E-state index in [0.717, 1.165) is 0 Å². The zero-order valence-electron chi connectivity index (χ0n) is 15.3. The Labute approximate surface area is 149 Å². The van der Waals surface area contributed by atoms with Gasteiger partial charge in [-0.3, -0.25) is 0 Å². The Morgan fingerprint density at radius 3 is 2.65 bits per heavy atom. The van der Waals surface area contributed by atoms with Gasteiger partial charge in [-0.25, -0.2) is 0 Å². The van der Waals surface area contributed by atoms with Crippen molar-refractivity contribution in [1.82, 2.24) is 0 Å². The maximum atomic E-state index is 8.75. The second kappa shape index (κ2) is 11.3. The Balaban J connectivity index is 2.81. The summed E-state index contributed by atoms with van der Waals surface area (Å²) in [5, 5.41) is 8.75. The van der Waals surface area contributed by atoms with E-state index in [-0.39, 0.29) is 24.7 Å². The molecule has 4 unspecified atom stereocenters. The molecular formula is C16H28N2O4V. The molecule has 0 N–H and O–H groups in total. The van der Waals surface area contributed by atoms with Crippen LogP contribution in [0.5, 0.6) is 0 Å². The van der Waals surface area contributed by atoms with Crippen LogP contribution in [0.2, 0.25) is 0 Å². The van der Waals surface area contributed by atoms with Crippen molar-refractivity contribution in [3.63, 3.8) is 0 Å². The van der Waals surface area contributed by atoms with Crippen LogP contribution >= 0.6 is 0 Å². The Morgan fingerprint density at radius 2 is 2.09 bits per heavy atom. The van der Waals surface area contributed by atoms with E-state index in [2.05, 4.69) is 37.7 Å². The van der Waals surface area contributed by atoms with Crippen molar-refractivity contribution in [1.29, 1.82) is 5.26 Å². The van der Waals surface area contributed by atoms with Crippen LogP contribution in [0.15, 0.2) is 3.95 Å². The average molecular weight is 365 g/mol. The van der Waals surface area contributed by atoms with Gasteiger partial charge in [-0.05, 0) is 0 Å². The first-order valence-corrected chi connectivity index (χ1v) is 8.71. The Hall–Kier alpha value is -0.286. The van der Waals surface area contributed by atoms with E-state index < -0.39 is 12.9 Å². The molecule has 1 aliphatic heterocycles. The summed E-state index contributed by atoms with van der Waals surface area (Å²) < 4.78 is 29.1. The zero-order valence-corrected chi connectivity index (χ0v) is 15.7. The standard InChI is InChI=1S/C16H28N2O4.V/c1-11(2)15(12(3)4)16(20-8-5-7-17)22-13-6-9-19-14(13)10-21-18;/h11-16H,5-6,8-10H2,1-4H3;/i9T;. The van der Waals surface area contributed by atoms with Gasteiger partial charge in [0.05, 0.1) is 0 Å². The molecule has 0 aromatic carbocycles. The molecule has 1 fully saturated rings. The quantitative estimate of drug-likeness (QED) is 0.320. The summed E-state index contributed by atoms with van der Waals surface area (Å²) >= 11 is 1.99. The van der Waals surface area contributed by atoms with Gasteiger partial charge in [0.25, 0.3) is 0 Å². The van der Waals surface area contributed by atoms with Gasteiger partial charge < -0.3 is 0 Å². The molecule has 0 spiro atoms. The first kappa shape index (κ1) is 19.0. The van der Waals surface area contributed by atoms with Crippen molar-refractivity contribution >= 4 is 0 Å². The number of ether oxygens (including phenoxy) is 3. The van der Waals surface area contributed by atoms with E-state index in [1.54, 1.807) is 0 Å². The molecule has 0 aromatic rings. The molecular weight excluding hydrogens is 335 g/mol. The van der Waals surface area contributed by atoms with Gasteiger partial charge in [0.15, 0.2) is 0 Å². The van der Waals surface area contributed by atoms with Crippen LogP contribution in [-0.4, -0.2) is 38.3 Å². The molecule has 0 aliphatic carbocycles. The van der Waals surface area contributed by atoms with E-state index in [1.807, 2.05) is 17.2 Å². The topological polar surface area (TPSA) is 73.1 Å². The van der Waals surface area contributed by atoms with Crippen molar-refractivity contribution in [2.24, 2.45) is 21.7 Å². The third-order valence-electron chi connectivity index (χ3n) is 3.97. The van der Waals surface area contributed by atoms with Crippen molar-refractivity contribution in [2.75, 3.05) is 19.8 Å².